The first-order chi connectivity index (χ1) is 33.7. The molecular weight excluding hydrogens is 950 g/mol. The molecule has 3 aliphatic rings. The average molecular weight is 993 g/mol. The van der Waals surface area contributed by atoms with Gasteiger partial charge in [0.05, 0.1) is 28.9 Å². The van der Waals surface area contributed by atoms with E-state index in [1.54, 1.807) is 78.9 Å². The predicted molar refractivity (Wildman–Crippen MR) is 233 cm³/mol. The molecule has 3 saturated heterocycles. The fraction of sp³-hybridized carbons (Fsp3) is 0.306. The summed E-state index contributed by atoms with van der Waals surface area (Å²) in [6, 6.07) is 38.1. The van der Waals surface area contributed by atoms with Gasteiger partial charge in [0, 0.05) is 12.7 Å². The minimum atomic E-state index is -6.54. The Labute approximate surface area is 398 Å². The highest BCUT2D eigenvalue weighted by molar-refractivity contribution is 7.87. The molecule has 0 radical (unpaired) electrons. The van der Waals surface area contributed by atoms with Crippen molar-refractivity contribution >= 4 is 34.0 Å². The number of rotatable bonds is 15. The van der Waals surface area contributed by atoms with Crippen molar-refractivity contribution in [1.29, 1.82) is 0 Å². The summed E-state index contributed by atoms with van der Waals surface area (Å²) in [5.41, 5.74) is -5.66. The molecular formula is C49H43F3O17S. The van der Waals surface area contributed by atoms with Crippen LogP contribution in [0.2, 0.25) is 0 Å². The Morgan fingerprint density at radius 3 is 1.47 bits per heavy atom. The number of alkyl halides is 3. The van der Waals surface area contributed by atoms with Crippen LogP contribution in [0.15, 0.2) is 152 Å². The summed E-state index contributed by atoms with van der Waals surface area (Å²) in [4.78, 5) is 55.3. The molecule has 5 aromatic rings. The molecule has 3 fully saturated rings. The lowest BCUT2D eigenvalue weighted by molar-refractivity contribution is -0.381. The van der Waals surface area contributed by atoms with Gasteiger partial charge in [-0.1, -0.05) is 103 Å². The smallest absolute Gasteiger partial charge is 0.459 e. The zero-order valence-electron chi connectivity index (χ0n) is 36.7. The van der Waals surface area contributed by atoms with Gasteiger partial charge >= 0.3 is 39.5 Å². The lowest BCUT2D eigenvalue weighted by Gasteiger charge is -2.50. The molecule has 5 aromatic carbocycles. The molecule has 21 heteroatoms. The molecule has 0 N–H and O–H groups in total. The first kappa shape index (κ1) is 49.8. The van der Waals surface area contributed by atoms with Crippen LogP contribution in [0.5, 0.6) is 0 Å². The third-order valence-corrected chi connectivity index (χ3v) is 12.2. The molecule has 17 nitrogen and oxygen atoms in total. The van der Waals surface area contributed by atoms with Crippen molar-refractivity contribution in [2.45, 2.75) is 73.2 Å². The quantitative estimate of drug-likeness (QED) is 0.0485. The second kappa shape index (κ2) is 22.0. The van der Waals surface area contributed by atoms with Crippen LogP contribution in [0.25, 0.3) is 0 Å². The van der Waals surface area contributed by atoms with Crippen molar-refractivity contribution in [2.24, 2.45) is 0 Å². The van der Waals surface area contributed by atoms with E-state index < -0.39 is 120 Å². The first-order valence-electron chi connectivity index (χ1n) is 21.5. The number of carbonyl (C=O) groups excluding carboxylic acids is 4. The normalized spacial score (nSPS) is 26.7. The van der Waals surface area contributed by atoms with Crippen molar-refractivity contribution in [3.8, 4) is 0 Å². The molecule has 0 bridgehead atoms. The van der Waals surface area contributed by atoms with E-state index in [-0.39, 0.29) is 22.3 Å². The van der Waals surface area contributed by atoms with E-state index in [9.17, 15) is 40.8 Å². The predicted octanol–water partition coefficient (Wildman–Crippen LogP) is 6.35. The van der Waals surface area contributed by atoms with E-state index in [2.05, 4.69) is 0 Å². The summed E-state index contributed by atoms with van der Waals surface area (Å²) in [5.74, 6) is -4.06. The van der Waals surface area contributed by atoms with Crippen molar-refractivity contribution in [3.05, 3.63) is 179 Å². The van der Waals surface area contributed by atoms with Gasteiger partial charge in [0.1, 0.15) is 37.1 Å². The Bertz CT molecular complexity index is 2670. The number of hydrogen-bond donors (Lipinski definition) is 0. The summed E-state index contributed by atoms with van der Waals surface area (Å²) in [6.45, 7) is -1.23. The standard InChI is InChI=1S/C49H43F3O17S/c1-59-47-40(65-44(55)31-21-11-4-12-22-31)38(64-43(54)30-19-9-3-10-20-30)36(34(62-47)27-60-42(53)29-17-7-2-8-18-29)68-48-41(66-45(56)32-23-13-5-14-24-32)39(69-70(57,58)49(50,51)52)37-35(63-48)28-61-46(67-37)33-25-15-6-16-26-33/h2-26,34-41,46-48H,27-28H2,1H3/t34-,35-,36-,37+,38+,39-,40-,41-,46-,47-,48+/m1/s1. The number of esters is 4. The largest absolute Gasteiger partial charge is 0.523 e. The molecule has 0 saturated carbocycles. The maximum Gasteiger partial charge on any atom is 0.523 e. The van der Waals surface area contributed by atoms with Crippen LogP contribution in [0.4, 0.5) is 13.2 Å². The van der Waals surface area contributed by atoms with Gasteiger partial charge in [0.25, 0.3) is 0 Å². The van der Waals surface area contributed by atoms with Gasteiger partial charge < -0.3 is 47.4 Å². The zero-order chi connectivity index (χ0) is 49.4. The van der Waals surface area contributed by atoms with Gasteiger partial charge in [0.2, 0.25) is 0 Å². The van der Waals surface area contributed by atoms with E-state index in [0.29, 0.717) is 5.56 Å². The maximum atomic E-state index is 14.3. The first-order valence-corrected chi connectivity index (χ1v) is 22.9. The van der Waals surface area contributed by atoms with Crippen molar-refractivity contribution in [3.63, 3.8) is 0 Å². The van der Waals surface area contributed by atoms with Gasteiger partial charge in [-0.25, -0.2) is 19.2 Å². The number of benzene rings is 5. The van der Waals surface area contributed by atoms with Crippen LogP contribution >= 0.6 is 0 Å². The second-order valence-corrected chi connectivity index (χ2v) is 17.3. The summed E-state index contributed by atoms with van der Waals surface area (Å²) in [5, 5.41) is 0. The summed E-state index contributed by atoms with van der Waals surface area (Å²) < 4.78 is 135. The van der Waals surface area contributed by atoms with E-state index in [1.165, 1.54) is 79.9 Å². The molecule has 0 amide bonds. The van der Waals surface area contributed by atoms with Crippen LogP contribution < -0.4 is 0 Å². The number of ether oxygens (including phenoxy) is 10. The highest BCUT2D eigenvalue weighted by Gasteiger charge is 2.61. The molecule has 0 aliphatic carbocycles. The molecule has 11 atom stereocenters. The van der Waals surface area contributed by atoms with Crippen molar-refractivity contribution in [2.75, 3.05) is 20.3 Å². The number of fused-ring (bicyclic) bond motifs is 1. The monoisotopic (exact) mass is 992 g/mol. The zero-order valence-corrected chi connectivity index (χ0v) is 37.5. The third-order valence-electron chi connectivity index (χ3n) is 11.1. The average Bonchev–Trinajstić information content (AvgIpc) is 3.38. The summed E-state index contributed by atoms with van der Waals surface area (Å²) >= 11 is 0. The number of halogens is 3. The molecule has 368 valence electrons. The van der Waals surface area contributed by atoms with Crippen LogP contribution in [-0.2, 0) is 61.7 Å². The fourth-order valence-corrected chi connectivity index (χ4v) is 8.39. The van der Waals surface area contributed by atoms with E-state index in [1.807, 2.05) is 0 Å². The SMILES string of the molecule is CO[C@@H]1O[C@H](COC(=O)c2ccccc2)[C@@H](O[C@@H]2O[C@@H]3CO[C@@H](c4ccccc4)O[C@@H]3[C@@H](OS(=O)(=O)C(F)(F)F)[C@H]2OC(=O)c2ccccc2)[C@H](OC(=O)c2ccccc2)[C@H]1OC(=O)c1ccccc1. The van der Waals surface area contributed by atoms with Crippen molar-refractivity contribution < 1.29 is 92.3 Å². The van der Waals surface area contributed by atoms with Crippen LogP contribution in [0.3, 0.4) is 0 Å². The van der Waals surface area contributed by atoms with Gasteiger partial charge in [-0.3, -0.25) is 4.18 Å². The molecule has 8 rings (SSSR count). The molecule has 3 heterocycles. The molecule has 0 spiro atoms. The van der Waals surface area contributed by atoms with Gasteiger partial charge in [-0.15, -0.1) is 0 Å². The van der Waals surface area contributed by atoms with Crippen LogP contribution in [0.1, 0.15) is 53.3 Å². The topological polar surface area (TPSA) is 204 Å². The molecule has 0 aromatic heterocycles. The fourth-order valence-electron chi connectivity index (χ4n) is 7.77. The van der Waals surface area contributed by atoms with Crippen molar-refractivity contribution in [1.82, 2.24) is 0 Å². The van der Waals surface area contributed by atoms with Crippen LogP contribution in [-0.4, -0.2) is 120 Å². The Morgan fingerprint density at radius 2 is 1.00 bits per heavy atom. The molecule has 70 heavy (non-hydrogen) atoms. The minimum absolute atomic E-state index is 0.0105. The van der Waals surface area contributed by atoms with E-state index in [4.69, 9.17) is 51.6 Å². The Hall–Kier alpha value is -6.56. The Balaban J connectivity index is 1.24. The summed E-state index contributed by atoms with van der Waals surface area (Å²) in [7, 11) is -5.36. The lowest BCUT2D eigenvalue weighted by atomic mass is 9.95. The number of methoxy groups -OCH3 is 1. The maximum absolute atomic E-state index is 14.3. The minimum Gasteiger partial charge on any atom is -0.459 e. The highest BCUT2D eigenvalue weighted by atomic mass is 32.2. The number of hydrogen-bond acceptors (Lipinski definition) is 17. The van der Waals surface area contributed by atoms with E-state index >= 15 is 0 Å². The van der Waals surface area contributed by atoms with Gasteiger partial charge in [-0.05, 0) is 48.5 Å². The van der Waals surface area contributed by atoms with Gasteiger partial charge in [0.15, 0.2) is 37.2 Å². The molecule has 3 aliphatic heterocycles. The van der Waals surface area contributed by atoms with Gasteiger partial charge in [-0.2, -0.15) is 21.6 Å². The van der Waals surface area contributed by atoms with Crippen LogP contribution in [0, 0.1) is 0 Å². The van der Waals surface area contributed by atoms with E-state index in [0.717, 1.165) is 0 Å². The number of carbonyl (C=O) groups is 4. The Morgan fingerprint density at radius 1 is 0.557 bits per heavy atom. The highest BCUT2D eigenvalue weighted by Crippen LogP contribution is 2.41. The second-order valence-electron chi connectivity index (χ2n) is 15.7. The summed E-state index contributed by atoms with van der Waals surface area (Å²) in [6.07, 6.45) is -20.3. The molecule has 0 unspecified atom stereocenters. The lowest BCUT2D eigenvalue weighted by Crippen LogP contribution is -2.68. The Kier molecular flexibility index (Phi) is 15.7. The third kappa shape index (κ3) is 11.5.